The summed E-state index contributed by atoms with van der Waals surface area (Å²) in [5, 5.41) is 9.34. The molecular formula is C19H18Cl2N2O3S. The number of halogens is 2. The molecule has 0 bridgehead atoms. The second-order valence-electron chi connectivity index (χ2n) is 5.98. The first-order valence-electron chi connectivity index (χ1n) is 8.14. The molecule has 0 unspecified atom stereocenters. The molecule has 0 saturated heterocycles. The molecule has 0 fully saturated rings. The lowest BCUT2D eigenvalue weighted by atomic mass is 10.1. The molecule has 8 heteroatoms. The predicted molar refractivity (Wildman–Crippen MR) is 106 cm³/mol. The Kier molecular flexibility index (Phi) is 7.25. The third-order valence-electron chi connectivity index (χ3n) is 3.95. The second kappa shape index (κ2) is 9.23. The summed E-state index contributed by atoms with van der Waals surface area (Å²) in [6.07, 6.45) is 0.468. The molecular weight excluding hydrogens is 407 g/mol. The molecule has 5 nitrogen and oxygen atoms in total. The fourth-order valence-electron chi connectivity index (χ4n) is 2.48. The molecule has 0 aliphatic heterocycles. The highest BCUT2D eigenvalue weighted by Crippen LogP contribution is 2.26. The fourth-order valence-corrected chi connectivity index (χ4v) is 4.17. The van der Waals surface area contributed by atoms with Crippen LogP contribution < -0.4 is 0 Å². The van der Waals surface area contributed by atoms with Crippen molar-refractivity contribution in [3.05, 3.63) is 63.6 Å². The molecule has 2 aromatic rings. The summed E-state index contributed by atoms with van der Waals surface area (Å²) in [6.45, 7) is 0.270. The maximum atomic E-state index is 12.6. The number of sulfone groups is 1. The number of nitrogens with zero attached hydrogens (tertiary/aromatic N) is 2. The number of rotatable bonds is 7. The van der Waals surface area contributed by atoms with Gasteiger partial charge in [0.1, 0.15) is 0 Å². The van der Waals surface area contributed by atoms with Crippen molar-refractivity contribution in [3.8, 4) is 6.07 Å². The minimum atomic E-state index is -3.46. The van der Waals surface area contributed by atoms with E-state index in [1.165, 1.54) is 29.2 Å². The number of amides is 1. The zero-order valence-corrected chi connectivity index (χ0v) is 17.0. The Labute approximate surface area is 169 Å². The quantitative estimate of drug-likeness (QED) is 0.619. The van der Waals surface area contributed by atoms with Gasteiger partial charge in [0.25, 0.3) is 5.91 Å². The molecule has 0 aromatic heterocycles. The summed E-state index contributed by atoms with van der Waals surface area (Å²) in [6, 6.07) is 12.9. The maximum absolute atomic E-state index is 12.6. The Hall–Kier alpha value is -2.07. The molecule has 0 heterocycles. The van der Waals surface area contributed by atoms with E-state index in [1.54, 1.807) is 25.2 Å². The first kappa shape index (κ1) is 21.2. The number of hydrogen-bond donors (Lipinski definition) is 0. The van der Waals surface area contributed by atoms with Crippen LogP contribution in [0.15, 0.2) is 47.4 Å². The fraction of sp³-hybridized carbons (Fsp3) is 0.263. The third-order valence-corrected chi connectivity index (χ3v) is 6.62. The van der Waals surface area contributed by atoms with E-state index in [4.69, 9.17) is 28.5 Å². The first-order chi connectivity index (χ1) is 12.8. The Morgan fingerprint density at radius 1 is 1.15 bits per heavy atom. The van der Waals surface area contributed by atoms with Crippen molar-refractivity contribution in [3.63, 3.8) is 0 Å². The zero-order chi connectivity index (χ0) is 20.0. The topological polar surface area (TPSA) is 78.2 Å². The van der Waals surface area contributed by atoms with Gasteiger partial charge in [0, 0.05) is 25.6 Å². The molecule has 0 spiro atoms. The van der Waals surface area contributed by atoms with Gasteiger partial charge in [-0.3, -0.25) is 4.79 Å². The predicted octanol–water partition coefficient (Wildman–Crippen LogP) is 4.34. The van der Waals surface area contributed by atoms with Crippen LogP contribution in [0.1, 0.15) is 28.8 Å². The SMILES string of the molecule is CN(Cc1cccc(Cl)c1Cl)C(=O)c1ccc(S(=O)(=O)CCCC#N)cc1. The minimum Gasteiger partial charge on any atom is -0.337 e. The summed E-state index contributed by atoms with van der Waals surface area (Å²) in [5.74, 6) is -0.361. The third kappa shape index (κ3) is 5.46. The van der Waals surface area contributed by atoms with Gasteiger partial charge in [-0.05, 0) is 42.3 Å². The monoisotopic (exact) mass is 424 g/mol. The molecule has 0 N–H and O–H groups in total. The van der Waals surface area contributed by atoms with E-state index in [2.05, 4.69) is 0 Å². The minimum absolute atomic E-state index is 0.0962. The van der Waals surface area contributed by atoms with E-state index in [1.807, 2.05) is 6.07 Å². The van der Waals surface area contributed by atoms with Crippen LogP contribution in [0.5, 0.6) is 0 Å². The van der Waals surface area contributed by atoms with Gasteiger partial charge in [-0.1, -0.05) is 35.3 Å². The van der Waals surface area contributed by atoms with E-state index < -0.39 is 9.84 Å². The van der Waals surface area contributed by atoms with Crippen molar-refractivity contribution in [2.24, 2.45) is 0 Å². The van der Waals surface area contributed by atoms with Crippen molar-refractivity contribution < 1.29 is 13.2 Å². The van der Waals surface area contributed by atoms with Crippen LogP contribution in [0.3, 0.4) is 0 Å². The zero-order valence-electron chi connectivity index (χ0n) is 14.7. The number of hydrogen-bond acceptors (Lipinski definition) is 4. The first-order valence-corrected chi connectivity index (χ1v) is 10.5. The summed E-state index contributed by atoms with van der Waals surface area (Å²) in [5.41, 5.74) is 1.09. The van der Waals surface area contributed by atoms with Crippen LogP contribution in [0.2, 0.25) is 10.0 Å². The van der Waals surface area contributed by atoms with Crippen molar-refractivity contribution in [1.82, 2.24) is 4.90 Å². The molecule has 2 aromatic carbocycles. The molecule has 0 aliphatic rings. The Bertz CT molecular complexity index is 967. The Morgan fingerprint density at radius 2 is 1.81 bits per heavy atom. The summed E-state index contributed by atoms with van der Waals surface area (Å²) < 4.78 is 24.4. The van der Waals surface area contributed by atoms with Gasteiger partial charge in [0.2, 0.25) is 0 Å². The van der Waals surface area contributed by atoms with E-state index in [0.717, 1.165) is 5.56 Å². The van der Waals surface area contributed by atoms with Gasteiger partial charge in [-0.2, -0.15) is 5.26 Å². The number of carbonyl (C=O) groups excluding carboxylic acids is 1. The Morgan fingerprint density at radius 3 is 2.44 bits per heavy atom. The molecule has 0 aliphatic carbocycles. The van der Waals surface area contributed by atoms with Gasteiger partial charge in [-0.15, -0.1) is 0 Å². The lowest BCUT2D eigenvalue weighted by Crippen LogP contribution is -2.26. The standard InChI is InChI=1S/C19H18Cl2N2O3S/c1-23(13-15-5-4-6-17(20)18(15)21)19(24)14-7-9-16(10-8-14)27(25,26)12-3-2-11-22/h4-10H,2-3,12-13H2,1H3. The average Bonchev–Trinajstić information content (AvgIpc) is 2.65. The van der Waals surface area contributed by atoms with E-state index >= 15 is 0 Å². The van der Waals surface area contributed by atoms with Gasteiger partial charge in [0.15, 0.2) is 9.84 Å². The molecule has 2 rings (SSSR count). The van der Waals surface area contributed by atoms with Crippen LogP contribution in [-0.2, 0) is 16.4 Å². The highest BCUT2D eigenvalue weighted by atomic mass is 35.5. The van der Waals surface area contributed by atoms with Crippen molar-refractivity contribution in [2.45, 2.75) is 24.3 Å². The van der Waals surface area contributed by atoms with Crippen molar-refractivity contribution in [2.75, 3.05) is 12.8 Å². The highest BCUT2D eigenvalue weighted by molar-refractivity contribution is 7.91. The van der Waals surface area contributed by atoms with E-state index in [9.17, 15) is 13.2 Å². The van der Waals surface area contributed by atoms with Crippen LogP contribution in [0.4, 0.5) is 0 Å². The smallest absolute Gasteiger partial charge is 0.253 e. The van der Waals surface area contributed by atoms with E-state index in [0.29, 0.717) is 15.6 Å². The van der Waals surface area contributed by atoms with Crippen LogP contribution in [0, 0.1) is 11.3 Å². The van der Waals surface area contributed by atoms with Crippen LogP contribution >= 0.6 is 23.2 Å². The summed E-state index contributed by atoms with van der Waals surface area (Å²) in [7, 11) is -1.83. The summed E-state index contributed by atoms with van der Waals surface area (Å²) >= 11 is 12.1. The molecule has 0 radical (unpaired) electrons. The van der Waals surface area contributed by atoms with Gasteiger partial charge in [0.05, 0.1) is 26.8 Å². The number of benzene rings is 2. The van der Waals surface area contributed by atoms with Gasteiger partial charge >= 0.3 is 0 Å². The van der Waals surface area contributed by atoms with E-state index in [-0.39, 0.29) is 35.9 Å². The largest absolute Gasteiger partial charge is 0.337 e. The molecule has 27 heavy (non-hydrogen) atoms. The van der Waals surface area contributed by atoms with Crippen LogP contribution in [-0.4, -0.2) is 32.0 Å². The Balaban J connectivity index is 2.11. The lowest BCUT2D eigenvalue weighted by Gasteiger charge is -2.18. The van der Waals surface area contributed by atoms with Gasteiger partial charge in [-0.25, -0.2) is 8.42 Å². The summed E-state index contributed by atoms with van der Waals surface area (Å²) in [4.78, 5) is 14.2. The molecule has 0 saturated carbocycles. The highest BCUT2D eigenvalue weighted by Gasteiger charge is 2.17. The molecule has 1 amide bonds. The maximum Gasteiger partial charge on any atom is 0.253 e. The second-order valence-corrected chi connectivity index (χ2v) is 8.87. The normalized spacial score (nSPS) is 11.0. The lowest BCUT2D eigenvalue weighted by molar-refractivity contribution is 0.0785. The van der Waals surface area contributed by atoms with Crippen LogP contribution in [0.25, 0.3) is 0 Å². The average molecular weight is 425 g/mol. The molecule has 0 atom stereocenters. The molecule has 142 valence electrons. The number of nitriles is 1. The van der Waals surface area contributed by atoms with Gasteiger partial charge < -0.3 is 4.90 Å². The van der Waals surface area contributed by atoms with Crippen molar-refractivity contribution in [1.29, 1.82) is 5.26 Å². The number of carbonyl (C=O) groups is 1. The number of unbranched alkanes of at least 4 members (excludes halogenated alkanes) is 1. The van der Waals surface area contributed by atoms with Crippen molar-refractivity contribution >= 4 is 38.9 Å².